The molecule has 0 radical (unpaired) electrons. The predicted octanol–water partition coefficient (Wildman–Crippen LogP) is 2.94. The van der Waals surface area contributed by atoms with Crippen LogP contribution in [0.1, 0.15) is 38.2 Å². The molecule has 1 aromatic carbocycles. The zero-order valence-electron chi connectivity index (χ0n) is 16.2. The number of Topliss-reactive ketones (excluding diaryl/α,β-unsaturated/α-hetero) is 1. The van der Waals surface area contributed by atoms with Crippen molar-refractivity contribution in [2.75, 3.05) is 20.3 Å². The lowest BCUT2D eigenvalue weighted by molar-refractivity contribution is -0.141. The molecule has 1 atom stereocenters. The van der Waals surface area contributed by atoms with Gasteiger partial charge in [-0.1, -0.05) is 32.0 Å². The van der Waals surface area contributed by atoms with Crippen LogP contribution in [0.2, 0.25) is 0 Å². The third-order valence-corrected chi connectivity index (χ3v) is 4.91. The van der Waals surface area contributed by atoms with Gasteiger partial charge in [0.15, 0.2) is 5.78 Å². The highest BCUT2D eigenvalue weighted by molar-refractivity contribution is 6.03. The molecule has 3 rings (SSSR count). The maximum atomic E-state index is 14.7. The van der Waals surface area contributed by atoms with Crippen molar-refractivity contribution in [3.8, 4) is 0 Å². The topological polar surface area (TPSA) is 87.8 Å². The minimum absolute atomic E-state index is 0.00296. The van der Waals surface area contributed by atoms with Crippen molar-refractivity contribution in [3.05, 3.63) is 58.4 Å². The molecule has 2 N–H and O–H groups in total. The van der Waals surface area contributed by atoms with Gasteiger partial charge in [-0.25, -0.2) is 9.18 Å². The number of benzene rings is 1. The summed E-state index contributed by atoms with van der Waals surface area (Å²) >= 11 is 0. The number of carbonyl (C=O) groups is 2. The number of methoxy groups -OCH3 is 1. The van der Waals surface area contributed by atoms with Gasteiger partial charge < -0.3 is 19.9 Å². The number of esters is 1. The zero-order chi connectivity index (χ0) is 20.5. The summed E-state index contributed by atoms with van der Waals surface area (Å²) in [7, 11) is 1.48. The number of carbonyl (C=O) groups excluding carboxylic acids is 2. The van der Waals surface area contributed by atoms with Gasteiger partial charge in [-0.2, -0.15) is 0 Å². The van der Waals surface area contributed by atoms with Crippen LogP contribution >= 0.6 is 0 Å². The Bertz CT molecular complexity index is 871. The lowest BCUT2D eigenvalue weighted by Crippen LogP contribution is -2.36. The molecule has 28 heavy (non-hydrogen) atoms. The molecule has 0 bridgehead atoms. The van der Waals surface area contributed by atoms with Crippen molar-refractivity contribution in [1.29, 1.82) is 0 Å². The van der Waals surface area contributed by atoms with Gasteiger partial charge in [0.1, 0.15) is 23.8 Å². The van der Waals surface area contributed by atoms with Crippen LogP contribution in [0.25, 0.3) is 0 Å². The summed E-state index contributed by atoms with van der Waals surface area (Å²) < 4.78 is 30.4. The molecule has 0 saturated carbocycles. The highest BCUT2D eigenvalue weighted by Gasteiger charge is 2.45. The van der Waals surface area contributed by atoms with Crippen molar-refractivity contribution < 1.29 is 28.2 Å². The molecule has 7 heteroatoms. The van der Waals surface area contributed by atoms with Gasteiger partial charge in [-0.05, 0) is 11.5 Å². The second-order valence-corrected chi connectivity index (χ2v) is 7.74. The summed E-state index contributed by atoms with van der Waals surface area (Å²) in [6.07, 6.45) is 0.734. The minimum atomic E-state index is -0.969. The second kappa shape index (κ2) is 7.75. The SMILES string of the molecule is COCCOC(=O)C1=C(N)OC2=C(C(=O)CC(C)(C)C2)[C@@H]1c1ccccc1F. The van der Waals surface area contributed by atoms with Gasteiger partial charge in [0.2, 0.25) is 5.88 Å². The van der Waals surface area contributed by atoms with Crippen LogP contribution in [-0.2, 0) is 23.8 Å². The molecule has 1 aliphatic heterocycles. The molecule has 0 saturated heterocycles. The molecular formula is C21H24FNO5. The maximum Gasteiger partial charge on any atom is 0.340 e. The van der Waals surface area contributed by atoms with Crippen LogP contribution < -0.4 is 5.73 Å². The van der Waals surface area contributed by atoms with Gasteiger partial charge in [0, 0.05) is 31.1 Å². The van der Waals surface area contributed by atoms with Gasteiger partial charge in [-0.15, -0.1) is 0 Å². The van der Waals surface area contributed by atoms with E-state index in [1.165, 1.54) is 13.2 Å². The molecule has 2 aliphatic rings. The molecule has 6 nitrogen and oxygen atoms in total. The number of ketones is 1. The Hall–Kier alpha value is -2.67. The second-order valence-electron chi connectivity index (χ2n) is 7.74. The first-order valence-corrected chi connectivity index (χ1v) is 9.09. The van der Waals surface area contributed by atoms with Crippen molar-refractivity contribution in [2.45, 2.75) is 32.6 Å². The van der Waals surface area contributed by atoms with E-state index in [2.05, 4.69) is 0 Å². The number of halogens is 1. The Balaban J connectivity index is 2.11. The third kappa shape index (κ3) is 3.80. The summed E-state index contributed by atoms with van der Waals surface area (Å²) in [5, 5.41) is 0. The first-order chi connectivity index (χ1) is 13.2. The van der Waals surface area contributed by atoms with E-state index in [-0.39, 0.29) is 53.4 Å². The largest absolute Gasteiger partial charge is 0.460 e. The van der Waals surface area contributed by atoms with Crippen LogP contribution in [-0.4, -0.2) is 32.1 Å². The van der Waals surface area contributed by atoms with Crippen molar-refractivity contribution in [2.24, 2.45) is 11.1 Å². The van der Waals surface area contributed by atoms with Crippen LogP contribution in [0.4, 0.5) is 4.39 Å². The van der Waals surface area contributed by atoms with Crippen LogP contribution in [0.5, 0.6) is 0 Å². The molecule has 150 valence electrons. The third-order valence-electron chi connectivity index (χ3n) is 4.91. The molecule has 0 fully saturated rings. The van der Waals surface area contributed by atoms with Gasteiger partial charge in [0.05, 0.1) is 12.5 Å². The fraction of sp³-hybridized carbons (Fsp3) is 0.429. The Labute approximate surface area is 163 Å². The minimum Gasteiger partial charge on any atom is -0.460 e. The number of nitrogens with two attached hydrogens (primary N) is 1. The normalized spacial score (nSPS) is 21.3. The summed E-state index contributed by atoms with van der Waals surface area (Å²) in [4.78, 5) is 25.7. The Kier molecular flexibility index (Phi) is 5.56. The average molecular weight is 389 g/mol. The quantitative estimate of drug-likeness (QED) is 0.615. The van der Waals surface area contributed by atoms with Crippen molar-refractivity contribution >= 4 is 11.8 Å². The van der Waals surface area contributed by atoms with E-state index >= 15 is 0 Å². The maximum absolute atomic E-state index is 14.7. The molecule has 1 heterocycles. The van der Waals surface area contributed by atoms with Crippen molar-refractivity contribution in [1.82, 2.24) is 0 Å². The summed E-state index contributed by atoms with van der Waals surface area (Å²) in [5.41, 5.74) is 6.15. The van der Waals surface area contributed by atoms with Gasteiger partial charge >= 0.3 is 5.97 Å². The van der Waals surface area contributed by atoms with Crippen molar-refractivity contribution in [3.63, 3.8) is 0 Å². The van der Waals surface area contributed by atoms with Gasteiger partial charge in [0.25, 0.3) is 0 Å². The van der Waals surface area contributed by atoms with Gasteiger partial charge in [-0.3, -0.25) is 4.79 Å². The van der Waals surface area contributed by atoms with E-state index in [0.29, 0.717) is 12.2 Å². The smallest absolute Gasteiger partial charge is 0.340 e. The lowest BCUT2D eigenvalue weighted by Gasteiger charge is -2.38. The molecular weight excluding hydrogens is 365 g/mol. The average Bonchev–Trinajstić information content (AvgIpc) is 2.60. The fourth-order valence-electron chi connectivity index (χ4n) is 3.70. The van der Waals surface area contributed by atoms with E-state index < -0.39 is 17.7 Å². The number of hydrogen-bond donors (Lipinski definition) is 1. The molecule has 1 aliphatic carbocycles. The number of allylic oxidation sites excluding steroid dienone is 2. The summed E-state index contributed by atoms with van der Waals surface area (Å²) in [6, 6.07) is 6.02. The summed E-state index contributed by atoms with van der Waals surface area (Å²) in [6.45, 7) is 4.10. The molecule has 1 aromatic rings. The van der Waals surface area contributed by atoms with E-state index in [0.717, 1.165) is 0 Å². The lowest BCUT2D eigenvalue weighted by atomic mass is 9.70. The predicted molar refractivity (Wildman–Crippen MR) is 99.3 cm³/mol. The first-order valence-electron chi connectivity index (χ1n) is 9.09. The highest BCUT2D eigenvalue weighted by Crippen LogP contribution is 2.48. The highest BCUT2D eigenvalue weighted by atomic mass is 19.1. The van der Waals surface area contributed by atoms with Crippen LogP contribution in [0.3, 0.4) is 0 Å². The van der Waals surface area contributed by atoms with E-state index in [1.807, 2.05) is 13.8 Å². The first kappa shape index (κ1) is 20.1. The van der Waals surface area contributed by atoms with Crippen LogP contribution in [0.15, 0.2) is 47.1 Å². The fourth-order valence-corrected chi connectivity index (χ4v) is 3.70. The zero-order valence-corrected chi connectivity index (χ0v) is 16.2. The number of ether oxygens (including phenoxy) is 3. The Morgan fingerprint density at radius 1 is 1.29 bits per heavy atom. The number of rotatable bonds is 5. The molecule has 0 amide bonds. The summed E-state index contributed by atoms with van der Waals surface area (Å²) in [5.74, 6) is -2.22. The molecule has 0 unspecified atom stereocenters. The monoisotopic (exact) mass is 389 g/mol. The number of hydrogen-bond acceptors (Lipinski definition) is 6. The molecule has 0 spiro atoms. The Morgan fingerprint density at radius 3 is 2.68 bits per heavy atom. The van der Waals surface area contributed by atoms with E-state index in [9.17, 15) is 14.0 Å². The Morgan fingerprint density at radius 2 is 2.00 bits per heavy atom. The van der Waals surface area contributed by atoms with E-state index in [1.54, 1.807) is 18.2 Å². The molecule has 0 aromatic heterocycles. The van der Waals surface area contributed by atoms with E-state index in [4.69, 9.17) is 19.9 Å². The standard InChI is InChI=1S/C21H24FNO5/c1-21(2)10-14(24)17-15(11-21)28-19(23)18(20(25)27-9-8-26-3)16(17)12-6-4-5-7-13(12)22/h4-7,16H,8-11,23H2,1-3H3/t16-/m0/s1. The van der Waals surface area contributed by atoms with Crippen LogP contribution in [0, 0.1) is 11.2 Å².